The number of imidazole rings is 1. The van der Waals surface area contributed by atoms with E-state index in [1.807, 2.05) is 12.4 Å². The van der Waals surface area contributed by atoms with Crippen LogP contribution in [0.3, 0.4) is 0 Å². The first-order valence-corrected chi connectivity index (χ1v) is 11.2. The van der Waals surface area contributed by atoms with Crippen LogP contribution in [0.1, 0.15) is 42.3 Å². The summed E-state index contributed by atoms with van der Waals surface area (Å²) in [6.07, 6.45) is 10.5. The number of aromatic amines is 1. The van der Waals surface area contributed by atoms with Gasteiger partial charge >= 0.3 is 0 Å². The Kier molecular flexibility index (Phi) is 5.14. The summed E-state index contributed by atoms with van der Waals surface area (Å²) < 4.78 is 0. The lowest BCUT2D eigenvalue weighted by molar-refractivity contribution is 0.228. The highest BCUT2D eigenvalue weighted by atomic mass is 14.9. The van der Waals surface area contributed by atoms with Crippen molar-refractivity contribution in [3.8, 4) is 0 Å². The summed E-state index contributed by atoms with van der Waals surface area (Å²) in [4.78, 5) is 8.15. The number of rotatable bonds is 5. The molecule has 0 saturated heterocycles. The molecule has 3 aromatic carbocycles. The molecule has 2 atom stereocenters. The van der Waals surface area contributed by atoms with Crippen LogP contribution in [0.25, 0.3) is 0 Å². The van der Waals surface area contributed by atoms with Gasteiger partial charge in [-0.2, -0.15) is 0 Å². The predicted molar refractivity (Wildman–Crippen MR) is 132 cm³/mol. The highest BCUT2D eigenvalue weighted by Gasteiger charge is 2.57. The van der Waals surface area contributed by atoms with Crippen molar-refractivity contribution in [3.05, 3.63) is 150 Å². The summed E-state index contributed by atoms with van der Waals surface area (Å²) >= 11 is 0. The molecule has 158 valence electrons. The maximum Gasteiger partial charge on any atom is 0.113 e. The quantitative estimate of drug-likeness (QED) is 0.347. The Morgan fingerprint density at radius 2 is 1.28 bits per heavy atom. The first-order valence-electron chi connectivity index (χ1n) is 11.2. The Labute approximate surface area is 190 Å². The zero-order chi connectivity index (χ0) is 22.0. The normalized spacial score (nSPS) is 20.7. The van der Waals surface area contributed by atoms with Crippen LogP contribution < -0.4 is 0 Å². The van der Waals surface area contributed by atoms with Gasteiger partial charge in [0.05, 0.1) is 5.41 Å². The minimum atomic E-state index is -0.431. The summed E-state index contributed by atoms with van der Waals surface area (Å²) in [6, 6.07) is 32.8. The highest BCUT2D eigenvalue weighted by molar-refractivity contribution is 5.58. The summed E-state index contributed by atoms with van der Waals surface area (Å²) in [5.74, 6) is 1.06. The number of benzene rings is 3. The van der Waals surface area contributed by atoms with Gasteiger partial charge in [0.15, 0.2) is 0 Å². The monoisotopic (exact) mass is 416 g/mol. The molecule has 0 radical (unpaired) electrons. The van der Waals surface area contributed by atoms with Crippen molar-refractivity contribution in [1.29, 1.82) is 0 Å². The first-order chi connectivity index (χ1) is 15.7. The Morgan fingerprint density at radius 1 is 0.781 bits per heavy atom. The smallest absolute Gasteiger partial charge is 0.113 e. The molecule has 1 N–H and O–H groups in total. The van der Waals surface area contributed by atoms with Gasteiger partial charge in [-0.3, -0.25) is 0 Å². The second-order valence-corrected chi connectivity index (χ2v) is 8.74. The van der Waals surface area contributed by atoms with Crippen LogP contribution in [0.15, 0.2) is 127 Å². The third-order valence-electron chi connectivity index (χ3n) is 7.30. The van der Waals surface area contributed by atoms with E-state index < -0.39 is 5.41 Å². The van der Waals surface area contributed by atoms with Crippen LogP contribution in [0, 0.1) is 5.41 Å². The lowest BCUT2D eigenvalue weighted by Gasteiger charge is -2.54. The van der Waals surface area contributed by atoms with Crippen molar-refractivity contribution in [2.75, 3.05) is 0 Å². The van der Waals surface area contributed by atoms with E-state index >= 15 is 0 Å². The maximum absolute atomic E-state index is 4.73. The largest absolute Gasteiger partial charge is 0.348 e. The fourth-order valence-electron chi connectivity index (χ4n) is 5.73. The molecular formula is C30H28N2. The van der Waals surface area contributed by atoms with Crippen molar-refractivity contribution in [3.63, 3.8) is 0 Å². The number of hydrogen-bond donors (Lipinski definition) is 1. The minimum Gasteiger partial charge on any atom is -0.348 e. The van der Waals surface area contributed by atoms with Gasteiger partial charge in [-0.05, 0) is 23.6 Å². The number of nitrogens with zero attached hydrogens (tertiary/aromatic N) is 1. The Bertz CT molecular complexity index is 1130. The average Bonchev–Trinajstić information content (AvgIpc) is 3.38. The van der Waals surface area contributed by atoms with Gasteiger partial charge in [0.25, 0.3) is 0 Å². The van der Waals surface area contributed by atoms with Gasteiger partial charge in [-0.1, -0.05) is 122 Å². The SMILES string of the molecule is CC1=CC=CC(c2ncc[nH]2)C1(C)C(c1ccccc1)(c1ccccc1)c1ccccc1. The summed E-state index contributed by atoms with van der Waals surface area (Å²) in [6.45, 7) is 4.67. The van der Waals surface area contributed by atoms with Gasteiger partial charge in [0.1, 0.15) is 5.82 Å². The van der Waals surface area contributed by atoms with Gasteiger partial charge in [-0.15, -0.1) is 0 Å². The standard InChI is InChI=1S/C30H28N2/c1-23-13-12-20-27(28-31-21-22-32-28)29(23,2)30(24-14-6-3-7-15-24,25-16-8-4-9-17-25)26-18-10-5-11-19-26/h3-22,27H,1-2H3,(H,31,32). The number of nitrogens with one attached hydrogen (secondary N) is 1. The molecule has 1 aliphatic rings. The average molecular weight is 417 g/mol. The van der Waals surface area contributed by atoms with Crippen molar-refractivity contribution in [2.24, 2.45) is 5.41 Å². The molecule has 2 heteroatoms. The molecule has 1 aromatic heterocycles. The number of hydrogen-bond acceptors (Lipinski definition) is 1. The molecule has 0 fully saturated rings. The van der Waals surface area contributed by atoms with Gasteiger partial charge in [0.2, 0.25) is 0 Å². The van der Waals surface area contributed by atoms with Gasteiger partial charge < -0.3 is 4.98 Å². The minimum absolute atomic E-state index is 0.0723. The Balaban J connectivity index is 1.94. The summed E-state index contributed by atoms with van der Waals surface area (Å²) in [7, 11) is 0. The first kappa shape index (κ1) is 20.3. The fraction of sp³-hybridized carbons (Fsp3) is 0.167. The zero-order valence-corrected chi connectivity index (χ0v) is 18.6. The van der Waals surface area contributed by atoms with Gasteiger partial charge in [0, 0.05) is 23.7 Å². The molecule has 1 aliphatic carbocycles. The summed E-state index contributed by atoms with van der Waals surface area (Å²) in [5, 5.41) is 0. The van der Waals surface area contributed by atoms with E-state index in [2.05, 4.69) is 128 Å². The van der Waals surface area contributed by atoms with Crippen molar-refractivity contribution >= 4 is 0 Å². The van der Waals surface area contributed by atoms with E-state index in [0.29, 0.717) is 0 Å². The molecule has 0 aliphatic heterocycles. The van der Waals surface area contributed by atoms with E-state index in [1.165, 1.54) is 22.3 Å². The van der Waals surface area contributed by atoms with E-state index in [9.17, 15) is 0 Å². The molecule has 2 nitrogen and oxygen atoms in total. The number of H-pyrrole nitrogens is 1. The van der Waals surface area contributed by atoms with Crippen molar-refractivity contribution in [2.45, 2.75) is 25.2 Å². The molecule has 1 heterocycles. The molecule has 0 saturated carbocycles. The van der Waals surface area contributed by atoms with Crippen molar-refractivity contribution in [1.82, 2.24) is 9.97 Å². The molecule has 5 rings (SSSR count). The predicted octanol–water partition coefficient (Wildman–Crippen LogP) is 7.05. The molecule has 32 heavy (non-hydrogen) atoms. The third kappa shape index (κ3) is 2.90. The molecule has 2 unspecified atom stereocenters. The van der Waals surface area contributed by atoms with Crippen LogP contribution in [0.4, 0.5) is 0 Å². The van der Waals surface area contributed by atoms with Crippen LogP contribution in [0.2, 0.25) is 0 Å². The van der Waals surface area contributed by atoms with Crippen LogP contribution in [-0.4, -0.2) is 9.97 Å². The topological polar surface area (TPSA) is 28.7 Å². The molecular weight excluding hydrogens is 388 g/mol. The molecule has 0 bridgehead atoms. The second kappa shape index (κ2) is 8.12. The van der Waals surface area contributed by atoms with Crippen LogP contribution >= 0.6 is 0 Å². The number of aromatic nitrogens is 2. The van der Waals surface area contributed by atoms with Crippen LogP contribution in [0.5, 0.6) is 0 Å². The second-order valence-electron chi connectivity index (χ2n) is 8.74. The highest BCUT2D eigenvalue weighted by Crippen LogP contribution is 2.62. The maximum atomic E-state index is 4.73. The van der Waals surface area contributed by atoms with Gasteiger partial charge in [-0.25, -0.2) is 4.98 Å². The lowest BCUT2D eigenvalue weighted by Crippen LogP contribution is -2.50. The molecule has 4 aromatic rings. The van der Waals surface area contributed by atoms with E-state index in [1.54, 1.807) is 0 Å². The van der Waals surface area contributed by atoms with Crippen molar-refractivity contribution < 1.29 is 0 Å². The molecule has 0 spiro atoms. The third-order valence-corrected chi connectivity index (χ3v) is 7.30. The molecule has 0 amide bonds. The Hall–Kier alpha value is -3.65. The lowest BCUT2D eigenvalue weighted by atomic mass is 9.47. The Morgan fingerprint density at radius 3 is 1.72 bits per heavy atom. The van der Waals surface area contributed by atoms with E-state index in [-0.39, 0.29) is 11.3 Å². The van der Waals surface area contributed by atoms with E-state index in [4.69, 9.17) is 4.98 Å². The van der Waals surface area contributed by atoms with Crippen LogP contribution in [-0.2, 0) is 5.41 Å². The fourth-order valence-corrected chi connectivity index (χ4v) is 5.73. The zero-order valence-electron chi connectivity index (χ0n) is 18.6. The summed E-state index contributed by atoms with van der Waals surface area (Å²) in [5.41, 5.74) is 4.42. The number of allylic oxidation sites excluding steroid dienone is 4. The van der Waals surface area contributed by atoms with E-state index in [0.717, 1.165) is 5.82 Å².